The molecule has 0 radical (unpaired) electrons. The second-order valence-corrected chi connectivity index (χ2v) is 8.78. The molecule has 0 aromatic rings. The molecule has 0 rings (SSSR count). The highest BCUT2D eigenvalue weighted by atomic mass is 16.6. The van der Waals surface area contributed by atoms with E-state index in [2.05, 4.69) is 12.2 Å². The van der Waals surface area contributed by atoms with Gasteiger partial charge in [-0.2, -0.15) is 0 Å². The summed E-state index contributed by atoms with van der Waals surface area (Å²) in [5.41, 5.74) is -0.432. The van der Waals surface area contributed by atoms with Gasteiger partial charge in [0.25, 0.3) is 0 Å². The van der Waals surface area contributed by atoms with Gasteiger partial charge in [0.05, 0.1) is 13.2 Å². The van der Waals surface area contributed by atoms with Crippen LogP contribution in [0.25, 0.3) is 0 Å². The molecule has 1 unspecified atom stereocenters. The van der Waals surface area contributed by atoms with Crippen LogP contribution in [0.2, 0.25) is 0 Å². The predicted octanol–water partition coefficient (Wildman–Crippen LogP) is 6.39. The van der Waals surface area contributed by atoms with Crippen molar-refractivity contribution in [2.45, 2.75) is 118 Å². The third-order valence-electron chi connectivity index (χ3n) is 4.84. The molecule has 1 atom stereocenters. The third kappa shape index (κ3) is 14.8. The topological polar surface area (TPSA) is 64.6 Å². The van der Waals surface area contributed by atoms with Crippen molar-refractivity contribution in [2.75, 3.05) is 13.2 Å². The zero-order valence-electron chi connectivity index (χ0n) is 19.1. The fourth-order valence-corrected chi connectivity index (χ4v) is 2.94. The van der Waals surface area contributed by atoms with Crippen LogP contribution in [-0.2, 0) is 14.3 Å². The van der Waals surface area contributed by atoms with Gasteiger partial charge < -0.3 is 14.8 Å². The molecule has 5 nitrogen and oxygen atoms in total. The van der Waals surface area contributed by atoms with E-state index in [-0.39, 0.29) is 5.97 Å². The highest BCUT2D eigenvalue weighted by Crippen LogP contribution is 2.21. The monoisotopic (exact) mass is 399 g/mol. The molecule has 0 aliphatic rings. The number of hydrogen-bond donors (Lipinski definition) is 1. The molecule has 0 saturated carbocycles. The zero-order chi connectivity index (χ0) is 21.3. The van der Waals surface area contributed by atoms with Gasteiger partial charge in [0.2, 0.25) is 0 Å². The van der Waals surface area contributed by atoms with Gasteiger partial charge in [-0.05, 0) is 18.3 Å². The maximum Gasteiger partial charge on any atom is 0.407 e. The number of carbonyl (C=O) groups excluding carboxylic acids is 2. The van der Waals surface area contributed by atoms with Crippen molar-refractivity contribution < 1.29 is 19.1 Å². The molecule has 0 heterocycles. The Labute approximate surface area is 173 Å². The quantitative estimate of drug-likeness (QED) is 0.241. The van der Waals surface area contributed by atoms with Crippen molar-refractivity contribution in [3.05, 3.63) is 0 Å². The molecule has 28 heavy (non-hydrogen) atoms. The van der Waals surface area contributed by atoms with Crippen LogP contribution in [-0.4, -0.2) is 31.3 Å². The number of nitrogens with one attached hydrogen (secondary N) is 1. The highest BCUT2D eigenvalue weighted by molar-refractivity contribution is 5.82. The number of hydrogen-bond acceptors (Lipinski definition) is 4. The average molecular weight is 400 g/mol. The van der Waals surface area contributed by atoms with Crippen LogP contribution in [0.15, 0.2) is 0 Å². The van der Waals surface area contributed by atoms with E-state index < -0.39 is 17.6 Å². The number of esters is 1. The van der Waals surface area contributed by atoms with E-state index in [0.29, 0.717) is 13.2 Å². The summed E-state index contributed by atoms with van der Waals surface area (Å²) in [7, 11) is 0. The highest BCUT2D eigenvalue weighted by Gasteiger charge is 2.34. The Morgan fingerprint density at radius 2 is 1.18 bits per heavy atom. The van der Waals surface area contributed by atoms with Crippen LogP contribution in [0.3, 0.4) is 0 Å². The van der Waals surface area contributed by atoms with Crippen LogP contribution in [0.5, 0.6) is 0 Å². The smallest absolute Gasteiger partial charge is 0.407 e. The summed E-state index contributed by atoms with van der Waals surface area (Å²) in [6, 6.07) is -0.704. The summed E-state index contributed by atoms with van der Waals surface area (Å²) in [5.74, 6) is -0.379. The van der Waals surface area contributed by atoms with Gasteiger partial charge in [0.1, 0.15) is 6.04 Å². The van der Waals surface area contributed by atoms with Gasteiger partial charge in [0, 0.05) is 0 Å². The number of alkyl carbamates (subject to hydrolysis) is 1. The van der Waals surface area contributed by atoms with Crippen LogP contribution in [0.4, 0.5) is 4.79 Å². The Hall–Kier alpha value is -1.26. The average Bonchev–Trinajstić information content (AvgIpc) is 2.63. The lowest BCUT2D eigenvalue weighted by molar-refractivity contribution is -0.149. The second kappa shape index (κ2) is 16.7. The lowest BCUT2D eigenvalue weighted by Gasteiger charge is -2.29. The summed E-state index contributed by atoms with van der Waals surface area (Å²) < 4.78 is 10.5. The summed E-state index contributed by atoms with van der Waals surface area (Å²) in [6.45, 7) is 10.8. The van der Waals surface area contributed by atoms with E-state index in [1.54, 1.807) is 0 Å². The van der Waals surface area contributed by atoms with Gasteiger partial charge in [-0.25, -0.2) is 9.59 Å². The van der Waals surface area contributed by atoms with E-state index in [4.69, 9.17) is 9.47 Å². The third-order valence-corrected chi connectivity index (χ3v) is 4.84. The SMILES string of the molecule is CCCCCCCCCCCCOC(=O)C(NC(=O)OCCCC)C(C)(C)C. The predicted molar refractivity (Wildman–Crippen MR) is 115 cm³/mol. The van der Waals surface area contributed by atoms with E-state index in [1.165, 1.54) is 51.4 Å². The molecule has 0 spiro atoms. The minimum absolute atomic E-state index is 0.368. The van der Waals surface area contributed by atoms with E-state index in [1.807, 2.05) is 27.7 Å². The molecule has 0 aliphatic carbocycles. The zero-order valence-corrected chi connectivity index (χ0v) is 19.1. The molecule has 5 heteroatoms. The van der Waals surface area contributed by atoms with Crippen molar-refractivity contribution in [3.8, 4) is 0 Å². The lowest BCUT2D eigenvalue weighted by atomic mass is 9.87. The summed E-state index contributed by atoms with van der Waals surface area (Å²) >= 11 is 0. The maximum absolute atomic E-state index is 12.4. The Kier molecular flexibility index (Phi) is 15.9. The molecule has 0 saturated heterocycles. The summed E-state index contributed by atoms with van der Waals surface area (Å²) in [5, 5.41) is 2.67. The minimum Gasteiger partial charge on any atom is -0.464 e. The van der Waals surface area contributed by atoms with Crippen LogP contribution >= 0.6 is 0 Å². The van der Waals surface area contributed by atoms with Crippen molar-refractivity contribution in [3.63, 3.8) is 0 Å². The maximum atomic E-state index is 12.4. The summed E-state index contributed by atoms with van der Waals surface area (Å²) in [6.07, 6.45) is 13.6. The fourth-order valence-electron chi connectivity index (χ4n) is 2.94. The van der Waals surface area contributed by atoms with Crippen molar-refractivity contribution in [1.82, 2.24) is 5.32 Å². The van der Waals surface area contributed by atoms with Crippen molar-refractivity contribution in [2.24, 2.45) is 5.41 Å². The Bertz CT molecular complexity index is 404. The largest absolute Gasteiger partial charge is 0.464 e. The summed E-state index contributed by atoms with van der Waals surface area (Å²) in [4.78, 5) is 24.3. The van der Waals surface area contributed by atoms with Gasteiger partial charge in [0.15, 0.2) is 0 Å². The molecule has 0 bridgehead atoms. The molecule has 0 aromatic carbocycles. The molecular weight excluding hydrogens is 354 g/mol. The molecular formula is C23H45NO4. The Morgan fingerprint density at radius 1 is 0.714 bits per heavy atom. The molecule has 166 valence electrons. The molecule has 0 aromatic heterocycles. The molecule has 1 amide bonds. The van der Waals surface area contributed by atoms with E-state index in [9.17, 15) is 9.59 Å². The van der Waals surface area contributed by atoms with Gasteiger partial charge in [-0.15, -0.1) is 0 Å². The van der Waals surface area contributed by atoms with Crippen LogP contribution in [0, 0.1) is 5.41 Å². The first-order valence-corrected chi connectivity index (χ1v) is 11.4. The minimum atomic E-state index is -0.704. The first kappa shape index (κ1) is 26.7. The van der Waals surface area contributed by atoms with Crippen LogP contribution in [0.1, 0.15) is 112 Å². The van der Waals surface area contributed by atoms with E-state index in [0.717, 1.165) is 25.7 Å². The number of unbranched alkanes of at least 4 members (excludes halogenated alkanes) is 10. The standard InChI is InChI=1S/C23H45NO4/c1-6-8-10-11-12-13-14-15-16-17-19-27-21(25)20(23(3,4)5)24-22(26)28-18-9-7-2/h20H,6-19H2,1-5H3,(H,24,26). The van der Waals surface area contributed by atoms with Crippen molar-refractivity contribution >= 4 is 12.1 Å². The first-order valence-electron chi connectivity index (χ1n) is 11.4. The lowest BCUT2D eigenvalue weighted by Crippen LogP contribution is -2.50. The normalized spacial score (nSPS) is 12.5. The van der Waals surface area contributed by atoms with E-state index >= 15 is 0 Å². The fraction of sp³-hybridized carbons (Fsp3) is 0.913. The Morgan fingerprint density at radius 3 is 1.68 bits per heavy atom. The van der Waals surface area contributed by atoms with Gasteiger partial charge >= 0.3 is 12.1 Å². The number of carbonyl (C=O) groups is 2. The molecule has 0 fully saturated rings. The molecule has 1 N–H and O–H groups in total. The number of rotatable bonds is 16. The Balaban J connectivity index is 3.96. The van der Waals surface area contributed by atoms with Gasteiger partial charge in [-0.1, -0.05) is 98.8 Å². The van der Waals surface area contributed by atoms with Crippen molar-refractivity contribution in [1.29, 1.82) is 0 Å². The molecule has 0 aliphatic heterocycles. The number of ether oxygens (including phenoxy) is 2. The first-order chi connectivity index (χ1) is 13.3. The van der Waals surface area contributed by atoms with Crippen LogP contribution < -0.4 is 5.32 Å². The number of amides is 1. The van der Waals surface area contributed by atoms with Gasteiger partial charge in [-0.3, -0.25) is 0 Å². The second-order valence-electron chi connectivity index (χ2n) is 8.78.